The van der Waals surface area contributed by atoms with Crippen LogP contribution in [0.5, 0.6) is 11.5 Å². The Labute approximate surface area is 122 Å². The second-order valence-electron chi connectivity index (χ2n) is 4.62. The number of hydrogen-bond donors (Lipinski definition) is 1. The van der Waals surface area contributed by atoms with Crippen LogP contribution < -0.4 is 15.2 Å². The van der Waals surface area contributed by atoms with Gasteiger partial charge in [0.15, 0.2) is 11.4 Å². The summed E-state index contributed by atoms with van der Waals surface area (Å²) in [7, 11) is 1.64. The molecule has 0 saturated heterocycles. The zero-order chi connectivity index (χ0) is 14.8. The summed E-state index contributed by atoms with van der Waals surface area (Å²) >= 11 is 0. The molecule has 5 nitrogen and oxygen atoms in total. The van der Waals surface area contributed by atoms with Gasteiger partial charge in [0.05, 0.1) is 25.1 Å². The average Bonchev–Trinajstić information content (AvgIpc) is 2.93. The minimum Gasteiger partial charge on any atom is -0.493 e. The summed E-state index contributed by atoms with van der Waals surface area (Å²) in [5.74, 6) is 1.44. The molecule has 0 saturated carbocycles. The number of benzene rings is 1. The second kappa shape index (κ2) is 5.36. The van der Waals surface area contributed by atoms with Crippen molar-refractivity contribution in [2.75, 3.05) is 19.5 Å². The van der Waals surface area contributed by atoms with Crippen LogP contribution in [0.2, 0.25) is 0 Å². The molecule has 0 amide bonds. The molecule has 0 bridgehead atoms. The molecule has 0 radical (unpaired) electrons. The molecule has 0 fully saturated rings. The number of hydrogen-bond acceptors (Lipinski definition) is 4. The number of nitrogen functional groups attached to an aromatic ring is 1. The van der Waals surface area contributed by atoms with Crippen molar-refractivity contribution < 1.29 is 9.47 Å². The Morgan fingerprint density at radius 1 is 1.24 bits per heavy atom. The minimum atomic E-state index is 0.592. The minimum absolute atomic E-state index is 0.592. The zero-order valence-electron chi connectivity index (χ0n) is 12.0. The molecule has 0 aliphatic carbocycles. The first-order valence-electron chi connectivity index (χ1n) is 6.77. The van der Waals surface area contributed by atoms with Crippen molar-refractivity contribution in [1.82, 2.24) is 9.38 Å². The number of nitrogens with zero attached hydrogens (tertiary/aromatic N) is 2. The van der Waals surface area contributed by atoms with E-state index in [4.69, 9.17) is 15.2 Å². The normalized spacial score (nSPS) is 10.8. The molecule has 2 heterocycles. The first-order chi connectivity index (χ1) is 10.2. The third kappa shape index (κ3) is 2.38. The van der Waals surface area contributed by atoms with Crippen LogP contribution in [0.4, 0.5) is 5.69 Å². The van der Waals surface area contributed by atoms with Crippen LogP contribution in [0.25, 0.3) is 16.9 Å². The number of anilines is 1. The summed E-state index contributed by atoms with van der Waals surface area (Å²) in [6, 6.07) is 9.51. The Kier molecular flexibility index (Phi) is 3.39. The van der Waals surface area contributed by atoms with Crippen molar-refractivity contribution >= 4 is 11.3 Å². The first kappa shape index (κ1) is 13.3. The number of aromatic nitrogens is 2. The molecule has 1 aromatic carbocycles. The second-order valence-corrected chi connectivity index (χ2v) is 4.62. The summed E-state index contributed by atoms with van der Waals surface area (Å²) in [6.45, 7) is 2.52. The fraction of sp³-hybridized carbons (Fsp3) is 0.188. The van der Waals surface area contributed by atoms with Crippen LogP contribution >= 0.6 is 0 Å². The summed E-state index contributed by atoms with van der Waals surface area (Å²) in [5.41, 5.74) is 9.19. The monoisotopic (exact) mass is 283 g/mol. The van der Waals surface area contributed by atoms with Gasteiger partial charge in [0, 0.05) is 18.0 Å². The third-order valence-corrected chi connectivity index (χ3v) is 3.27. The van der Waals surface area contributed by atoms with E-state index in [1.54, 1.807) is 7.11 Å². The van der Waals surface area contributed by atoms with E-state index in [0.717, 1.165) is 22.7 Å². The molecular weight excluding hydrogens is 266 g/mol. The molecule has 2 N–H and O–H groups in total. The SMILES string of the molecule is CCOc1ccc(-c2cn3cccc(OC)c3n2)cc1N. The predicted octanol–water partition coefficient (Wildman–Crippen LogP) is 2.99. The molecule has 3 rings (SSSR count). The smallest absolute Gasteiger partial charge is 0.180 e. The topological polar surface area (TPSA) is 61.8 Å². The van der Waals surface area contributed by atoms with Crippen molar-refractivity contribution in [3.05, 3.63) is 42.7 Å². The van der Waals surface area contributed by atoms with Gasteiger partial charge in [-0.25, -0.2) is 4.98 Å². The Morgan fingerprint density at radius 2 is 2.10 bits per heavy atom. The maximum absolute atomic E-state index is 6.01. The number of nitrogens with two attached hydrogens (primary N) is 1. The van der Waals surface area contributed by atoms with Crippen LogP contribution in [-0.2, 0) is 0 Å². The highest BCUT2D eigenvalue weighted by Crippen LogP contribution is 2.29. The Hall–Kier alpha value is -2.69. The lowest BCUT2D eigenvalue weighted by Crippen LogP contribution is -1.96. The average molecular weight is 283 g/mol. The van der Waals surface area contributed by atoms with Crippen LogP contribution in [0.3, 0.4) is 0 Å². The molecule has 3 aromatic rings. The van der Waals surface area contributed by atoms with Crippen LogP contribution in [0, 0.1) is 0 Å². The number of imidazole rings is 1. The van der Waals surface area contributed by atoms with Crippen molar-refractivity contribution in [2.45, 2.75) is 6.92 Å². The van der Waals surface area contributed by atoms with Gasteiger partial charge in [0.2, 0.25) is 0 Å². The van der Waals surface area contributed by atoms with Gasteiger partial charge in [-0.2, -0.15) is 0 Å². The van der Waals surface area contributed by atoms with E-state index >= 15 is 0 Å². The number of rotatable bonds is 4. The molecule has 0 unspecified atom stereocenters. The standard InChI is InChI=1S/C16H17N3O2/c1-3-21-14-7-6-11(9-12(14)17)13-10-19-8-4-5-15(20-2)16(19)18-13/h4-10H,3,17H2,1-2H3. The Morgan fingerprint density at radius 3 is 2.81 bits per heavy atom. The molecular formula is C16H17N3O2. The number of fused-ring (bicyclic) bond motifs is 1. The fourth-order valence-corrected chi connectivity index (χ4v) is 2.28. The van der Waals surface area contributed by atoms with E-state index < -0.39 is 0 Å². The molecule has 0 aliphatic heterocycles. The van der Waals surface area contributed by atoms with Gasteiger partial charge in [-0.05, 0) is 37.3 Å². The highest BCUT2D eigenvalue weighted by molar-refractivity contribution is 5.71. The molecule has 21 heavy (non-hydrogen) atoms. The van der Waals surface area contributed by atoms with Gasteiger partial charge in [-0.3, -0.25) is 0 Å². The molecule has 0 spiro atoms. The largest absolute Gasteiger partial charge is 0.493 e. The molecule has 108 valence electrons. The van der Waals surface area contributed by atoms with Gasteiger partial charge in [-0.1, -0.05) is 0 Å². The Balaban J connectivity index is 2.06. The van der Waals surface area contributed by atoms with E-state index in [1.807, 2.05) is 54.0 Å². The highest BCUT2D eigenvalue weighted by Gasteiger charge is 2.10. The summed E-state index contributed by atoms with van der Waals surface area (Å²) in [6.07, 6.45) is 3.89. The molecule has 0 atom stereocenters. The Bertz CT molecular complexity index is 780. The van der Waals surface area contributed by atoms with Crippen molar-refractivity contribution in [3.8, 4) is 22.8 Å². The van der Waals surface area contributed by atoms with Gasteiger partial charge in [0.1, 0.15) is 5.75 Å². The van der Waals surface area contributed by atoms with Crippen LogP contribution in [0.15, 0.2) is 42.7 Å². The summed E-state index contributed by atoms with van der Waals surface area (Å²) in [5, 5.41) is 0. The lowest BCUT2D eigenvalue weighted by atomic mass is 10.1. The van der Waals surface area contributed by atoms with E-state index in [0.29, 0.717) is 18.0 Å². The van der Waals surface area contributed by atoms with Crippen LogP contribution in [0.1, 0.15) is 6.92 Å². The van der Waals surface area contributed by atoms with Crippen molar-refractivity contribution in [2.24, 2.45) is 0 Å². The van der Waals surface area contributed by atoms with Gasteiger partial charge in [0.25, 0.3) is 0 Å². The maximum Gasteiger partial charge on any atom is 0.180 e. The summed E-state index contributed by atoms with van der Waals surface area (Å²) in [4.78, 5) is 4.61. The van der Waals surface area contributed by atoms with Gasteiger partial charge < -0.3 is 19.6 Å². The van der Waals surface area contributed by atoms with Gasteiger partial charge in [-0.15, -0.1) is 0 Å². The lowest BCUT2D eigenvalue weighted by Gasteiger charge is -2.07. The molecule has 5 heteroatoms. The van der Waals surface area contributed by atoms with E-state index in [-0.39, 0.29) is 0 Å². The quantitative estimate of drug-likeness (QED) is 0.748. The zero-order valence-corrected chi connectivity index (χ0v) is 12.0. The fourth-order valence-electron chi connectivity index (χ4n) is 2.28. The number of methoxy groups -OCH3 is 1. The number of ether oxygens (including phenoxy) is 2. The highest BCUT2D eigenvalue weighted by atomic mass is 16.5. The van der Waals surface area contributed by atoms with Crippen LogP contribution in [-0.4, -0.2) is 23.1 Å². The first-order valence-corrected chi connectivity index (χ1v) is 6.77. The number of pyridine rings is 1. The third-order valence-electron chi connectivity index (χ3n) is 3.27. The van der Waals surface area contributed by atoms with E-state index in [1.165, 1.54) is 0 Å². The molecule has 0 aliphatic rings. The van der Waals surface area contributed by atoms with E-state index in [2.05, 4.69) is 4.98 Å². The maximum atomic E-state index is 6.01. The van der Waals surface area contributed by atoms with Crippen molar-refractivity contribution in [1.29, 1.82) is 0 Å². The predicted molar refractivity (Wildman–Crippen MR) is 82.8 cm³/mol. The van der Waals surface area contributed by atoms with E-state index in [9.17, 15) is 0 Å². The van der Waals surface area contributed by atoms with Gasteiger partial charge >= 0.3 is 0 Å². The lowest BCUT2D eigenvalue weighted by molar-refractivity contribution is 0.342. The summed E-state index contributed by atoms with van der Waals surface area (Å²) < 4.78 is 12.7. The van der Waals surface area contributed by atoms with Crippen molar-refractivity contribution in [3.63, 3.8) is 0 Å². The molecule has 2 aromatic heterocycles.